The molecule has 0 saturated carbocycles. The highest BCUT2D eigenvalue weighted by atomic mass is 16.5. The summed E-state index contributed by atoms with van der Waals surface area (Å²) in [5.74, 6) is -0.129. The van der Waals surface area contributed by atoms with E-state index in [4.69, 9.17) is 10.00 Å². The van der Waals surface area contributed by atoms with Gasteiger partial charge in [-0.05, 0) is 19.3 Å². The van der Waals surface area contributed by atoms with Crippen molar-refractivity contribution >= 4 is 5.91 Å². The number of nitrogens with zero attached hydrogens (tertiary/aromatic N) is 2. The van der Waals surface area contributed by atoms with E-state index in [1.807, 2.05) is 6.07 Å². The third kappa shape index (κ3) is 2.76. The van der Waals surface area contributed by atoms with Crippen molar-refractivity contribution in [3.8, 4) is 6.07 Å². The van der Waals surface area contributed by atoms with Crippen molar-refractivity contribution in [1.82, 2.24) is 4.90 Å². The van der Waals surface area contributed by atoms with Crippen LogP contribution in [0.2, 0.25) is 0 Å². The third-order valence-electron chi connectivity index (χ3n) is 3.59. The zero-order valence-electron chi connectivity index (χ0n) is 9.89. The smallest absolute Gasteiger partial charge is 0.236 e. The number of piperidine rings is 1. The average Bonchev–Trinajstić information content (AvgIpc) is 2.29. The topological polar surface area (TPSA) is 73.6 Å². The van der Waals surface area contributed by atoms with E-state index < -0.39 is 0 Å². The van der Waals surface area contributed by atoms with Gasteiger partial charge in [-0.2, -0.15) is 5.26 Å². The molecule has 2 rings (SSSR count). The summed E-state index contributed by atoms with van der Waals surface area (Å²) in [7, 11) is 0. The molecule has 1 N–H and O–H groups in total. The lowest BCUT2D eigenvalue weighted by Crippen LogP contribution is -2.55. The van der Waals surface area contributed by atoms with Crippen molar-refractivity contribution < 1.29 is 14.6 Å². The van der Waals surface area contributed by atoms with Crippen molar-refractivity contribution in [2.75, 3.05) is 19.7 Å². The Labute approximate surface area is 101 Å². The number of aliphatic hydroxyl groups excluding tert-OH is 1. The number of nitriles is 1. The quantitative estimate of drug-likeness (QED) is 0.719. The zero-order valence-corrected chi connectivity index (χ0v) is 9.89. The van der Waals surface area contributed by atoms with Gasteiger partial charge in [0.05, 0.1) is 17.8 Å². The molecule has 0 radical (unpaired) electrons. The minimum atomic E-state index is -0.374. The fourth-order valence-electron chi connectivity index (χ4n) is 2.78. The van der Waals surface area contributed by atoms with Gasteiger partial charge < -0.3 is 14.7 Å². The van der Waals surface area contributed by atoms with E-state index in [1.54, 1.807) is 4.90 Å². The van der Waals surface area contributed by atoms with Crippen LogP contribution in [-0.4, -0.2) is 47.3 Å². The Hall–Kier alpha value is -1.12. The number of amides is 1. The molecule has 1 spiro atoms. The van der Waals surface area contributed by atoms with Crippen molar-refractivity contribution in [2.24, 2.45) is 0 Å². The number of hydrogen-bond acceptors (Lipinski definition) is 4. The van der Waals surface area contributed by atoms with Crippen LogP contribution in [0, 0.1) is 11.3 Å². The number of likely N-dealkylation sites (tertiary alicyclic amines) is 1. The van der Waals surface area contributed by atoms with Gasteiger partial charge in [-0.1, -0.05) is 0 Å². The Morgan fingerprint density at radius 1 is 1.65 bits per heavy atom. The lowest BCUT2D eigenvalue weighted by molar-refractivity contribution is -0.160. The number of aliphatic hydroxyl groups is 1. The molecule has 2 saturated heterocycles. The highest BCUT2D eigenvalue weighted by molar-refractivity contribution is 5.78. The number of ether oxygens (including phenoxy) is 1. The number of carbonyl (C=O) groups excluding carboxylic acids is 1. The molecule has 1 amide bonds. The molecule has 2 aliphatic heterocycles. The van der Waals surface area contributed by atoms with Crippen molar-refractivity contribution in [1.29, 1.82) is 5.26 Å². The minimum absolute atomic E-state index is 0.0708. The molecule has 2 heterocycles. The summed E-state index contributed by atoms with van der Waals surface area (Å²) in [6.45, 7) is 1.77. The first-order valence-electron chi connectivity index (χ1n) is 6.12. The monoisotopic (exact) mass is 238 g/mol. The summed E-state index contributed by atoms with van der Waals surface area (Å²) in [6.07, 6.45) is 2.65. The summed E-state index contributed by atoms with van der Waals surface area (Å²) < 4.78 is 5.80. The molecule has 2 atom stereocenters. The molecule has 0 unspecified atom stereocenters. The van der Waals surface area contributed by atoms with Gasteiger partial charge in [0.25, 0.3) is 0 Å². The third-order valence-corrected chi connectivity index (χ3v) is 3.59. The first-order valence-corrected chi connectivity index (χ1v) is 6.12. The van der Waals surface area contributed by atoms with Crippen LogP contribution in [0.5, 0.6) is 0 Å². The van der Waals surface area contributed by atoms with Gasteiger partial charge >= 0.3 is 0 Å². The van der Waals surface area contributed by atoms with Crippen LogP contribution in [0.4, 0.5) is 0 Å². The molecule has 0 aromatic heterocycles. The predicted molar refractivity (Wildman–Crippen MR) is 60.0 cm³/mol. The number of hydrogen-bond donors (Lipinski definition) is 1. The molecule has 5 nitrogen and oxygen atoms in total. The standard InChI is InChI=1S/C12H18N2O3/c13-5-2-11(16)14-6-1-4-12(9-14)8-10(15)3-7-17-12/h10,15H,1-4,6-9H2/t10-,12+/m1/s1. The molecule has 0 bridgehead atoms. The van der Waals surface area contributed by atoms with Gasteiger partial charge in [0.1, 0.15) is 6.42 Å². The van der Waals surface area contributed by atoms with Crippen molar-refractivity contribution in [3.05, 3.63) is 0 Å². The Bertz CT molecular complexity index is 335. The summed E-state index contributed by atoms with van der Waals surface area (Å²) in [4.78, 5) is 13.4. The van der Waals surface area contributed by atoms with E-state index in [0.717, 1.165) is 12.8 Å². The largest absolute Gasteiger partial charge is 0.393 e. The second-order valence-electron chi connectivity index (χ2n) is 4.93. The molecule has 0 aromatic rings. The first-order chi connectivity index (χ1) is 8.15. The van der Waals surface area contributed by atoms with Crippen LogP contribution in [0.15, 0.2) is 0 Å². The first kappa shape index (κ1) is 12.3. The maximum absolute atomic E-state index is 11.7. The van der Waals surface area contributed by atoms with E-state index >= 15 is 0 Å². The molecule has 17 heavy (non-hydrogen) atoms. The van der Waals surface area contributed by atoms with Crippen LogP contribution in [0.1, 0.15) is 32.1 Å². The Morgan fingerprint density at radius 2 is 2.47 bits per heavy atom. The average molecular weight is 238 g/mol. The fourth-order valence-corrected chi connectivity index (χ4v) is 2.78. The number of rotatable bonds is 1. The van der Waals surface area contributed by atoms with E-state index in [1.165, 1.54) is 0 Å². The van der Waals surface area contributed by atoms with Gasteiger partial charge in [-0.3, -0.25) is 4.79 Å². The Balaban J connectivity index is 2.01. The fraction of sp³-hybridized carbons (Fsp3) is 0.833. The maximum Gasteiger partial charge on any atom is 0.236 e. The molecule has 2 aliphatic rings. The molecule has 0 aliphatic carbocycles. The van der Waals surface area contributed by atoms with Gasteiger partial charge in [0.2, 0.25) is 5.91 Å². The molecule has 94 valence electrons. The molecular formula is C12H18N2O3. The van der Waals surface area contributed by atoms with Crippen LogP contribution in [0.25, 0.3) is 0 Å². The van der Waals surface area contributed by atoms with E-state index in [0.29, 0.717) is 32.5 Å². The lowest BCUT2D eigenvalue weighted by Gasteiger charge is -2.46. The van der Waals surface area contributed by atoms with Crippen LogP contribution in [0.3, 0.4) is 0 Å². The number of carbonyl (C=O) groups is 1. The Kier molecular flexibility index (Phi) is 3.65. The summed E-state index contributed by atoms with van der Waals surface area (Å²) in [5, 5.41) is 18.3. The van der Waals surface area contributed by atoms with Gasteiger partial charge in [-0.15, -0.1) is 0 Å². The molecule has 2 fully saturated rings. The van der Waals surface area contributed by atoms with Crippen LogP contribution in [-0.2, 0) is 9.53 Å². The maximum atomic E-state index is 11.7. The second-order valence-corrected chi connectivity index (χ2v) is 4.93. The van der Waals surface area contributed by atoms with Crippen molar-refractivity contribution in [2.45, 2.75) is 43.8 Å². The normalized spacial score (nSPS) is 33.4. The lowest BCUT2D eigenvalue weighted by atomic mass is 9.84. The summed E-state index contributed by atoms with van der Waals surface area (Å²) in [6, 6.07) is 1.88. The molecule has 0 aromatic carbocycles. The highest BCUT2D eigenvalue weighted by Gasteiger charge is 2.41. The van der Waals surface area contributed by atoms with Crippen molar-refractivity contribution in [3.63, 3.8) is 0 Å². The van der Waals surface area contributed by atoms with E-state index in [2.05, 4.69) is 0 Å². The Morgan fingerprint density at radius 3 is 3.18 bits per heavy atom. The van der Waals surface area contributed by atoms with Crippen LogP contribution >= 0.6 is 0 Å². The van der Waals surface area contributed by atoms with E-state index in [-0.39, 0.29) is 24.0 Å². The van der Waals surface area contributed by atoms with Gasteiger partial charge in [0, 0.05) is 26.1 Å². The SMILES string of the molecule is N#CCC(=O)N1CCC[C@]2(C[C@H](O)CCO2)C1. The predicted octanol–water partition coefficient (Wildman–Crippen LogP) is 0.433. The minimum Gasteiger partial charge on any atom is -0.393 e. The highest BCUT2D eigenvalue weighted by Crippen LogP contribution is 2.33. The van der Waals surface area contributed by atoms with Gasteiger partial charge in [0.15, 0.2) is 0 Å². The zero-order chi connectivity index (χ0) is 12.3. The van der Waals surface area contributed by atoms with E-state index in [9.17, 15) is 9.90 Å². The molecule has 5 heteroatoms. The second kappa shape index (κ2) is 5.03. The van der Waals surface area contributed by atoms with Crippen LogP contribution < -0.4 is 0 Å². The summed E-state index contributed by atoms with van der Waals surface area (Å²) >= 11 is 0. The molecular weight excluding hydrogens is 220 g/mol. The summed E-state index contributed by atoms with van der Waals surface area (Å²) in [5.41, 5.74) is -0.374. The van der Waals surface area contributed by atoms with Gasteiger partial charge in [-0.25, -0.2) is 0 Å².